The van der Waals surface area contributed by atoms with Gasteiger partial charge in [-0.2, -0.15) is 5.26 Å². The van der Waals surface area contributed by atoms with Crippen LogP contribution in [-0.2, 0) is 19.6 Å². The molecule has 0 spiro atoms. The fourth-order valence-electron chi connectivity index (χ4n) is 2.98. The number of benzene rings is 1. The zero-order valence-electron chi connectivity index (χ0n) is 15.2. The average molecular weight is 393 g/mol. The minimum absolute atomic E-state index is 0.0342. The summed E-state index contributed by atoms with van der Waals surface area (Å²) >= 11 is 0. The molecule has 2 rings (SSSR count). The highest BCUT2D eigenvalue weighted by Gasteiger charge is 2.33. The maximum Gasteiger partial charge on any atom is 0.338 e. The van der Waals surface area contributed by atoms with E-state index in [0.29, 0.717) is 12.8 Å². The fraction of sp³-hybridized carbons (Fsp3) is 0.500. The number of rotatable bonds is 7. The summed E-state index contributed by atoms with van der Waals surface area (Å²) in [4.78, 5) is 24.1. The van der Waals surface area contributed by atoms with Crippen molar-refractivity contribution in [3.63, 3.8) is 0 Å². The first-order chi connectivity index (χ1) is 12.8. The second-order valence-electron chi connectivity index (χ2n) is 6.40. The largest absolute Gasteiger partial charge is 0.452 e. The number of carbonyl (C=O) groups excluding carboxylic acids is 2. The predicted octanol–water partition coefficient (Wildman–Crippen LogP) is 1.48. The number of hydrogen-bond donors (Lipinski definition) is 2. The van der Waals surface area contributed by atoms with Crippen molar-refractivity contribution in [3.05, 3.63) is 29.8 Å². The van der Waals surface area contributed by atoms with E-state index >= 15 is 0 Å². The summed E-state index contributed by atoms with van der Waals surface area (Å²) in [5, 5.41) is 12.0. The number of hydrogen-bond acceptors (Lipinski definition) is 6. The first-order valence-electron chi connectivity index (χ1n) is 8.81. The molecule has 1 amide bonds. The van der Waals surface area contributed by atoms with Gasteiger partial charge in [0.15, 0.2) is 6.61 Å². The third kappa shape index (κ3) is 5.52. The number of nitrogens with one attached hydrogen (secondary N) is 2. The Morgan fingerprint density at radius 1 is 1.19 bits per heavy atom. The van der Waals surface area contributed by atoms with Gasteiger partial charge in [-0.05, 0) is 37.1 Å². The smallest absolute Gasteiger partial charge is 0.338 e. The van der Waals surface area contributed by atoms with Crippen LogP contribution in [-0.4, -0.2) is 39.0 Å². The molecule has 0 aromatic heterocycles. The normalized spacial score (nSPS) is 16.1. The van der Waals surface area contributed by atoms with Crippen molar-refractivity contribution in [2.75, 3.05) is 13.2 Å². The highest BCUT2D eigenvalue weighted by atomic mass is 32.2. The second-order valence-corrected chi connectivity index (χ2v) is 8.17. The van der Waals surface area contributed by atoms with Gasteiger partial charge in [0.2, 0.25) is 10.0 Å². The van der Waals surface area contributed by atoms with Crippen LogP contribution in [0.4, 0.5) is 0 Å². The van der Waals surface area contributed by atoms with Gasteiger partial charge in [-0.15, -0.1) is 0 Å². The molecule has 0 atom stereocenters. The van der Waals surface area contributed by atoms with Gasteiger partial charge in [0, 0.05) is 6.54 Å². The van der Waals surface area contributed by atoms with Gasteiger partial charge in [-0.1, -0.05) is 26.2 Å². The number of amides is 1. The molecule has 1 fully saturated rings. The van der Waals surface area contributed by atoms with Crippen molar-refractivity contribution < 1.29 is 22.7 Å². The first-order valence-corrected chi connectivity index (χ1v) is 10.3. The van der Waals surface area contributed by atoms with E-state index in [1.165, 1.54) is 24.3 Å². The van der Waals surface area contributed by atoms with Gasteiger partial charge in [-0.3, -0.25) is 4.79 Å². The number of esters is 1. The molecule has 146 valence electrons. The molecule has 8 nitrogen and oxygen atoms in total. The van der Waals surface area contributed by atoms with E-state index < -0.39 is 34.0 Å². The van der Waals surface area contributed by atoms with E-state index in [-0.39, 0.29) is 17.0 Å². The summed E-state index contributed by atoms with van der Waals surface area (Å²) in [6.45, 7) is 1.42. The van der Waals surface area contributed by atoms with Crippen LogP contribution in [0.5, 0.6) is 0 Å². The minimum Gasteiger partial charge on any atom is -0.452 e. The topological polar surface area (TPSA) is 125 Å². The van der Waals surface area contributed by atoms with E-state index in [1.807, 2.05) is 0 Å². The predicted molar refractivity (Wildman–Crippen MR) is 97.2 cm³/mol. The van der Waals surface area contributed by atoms with E-state index in [4.69, 9.17) is 4.74 Å². The molecule has 0 radical (unpaired) electrons. The quantitative estimate of drug-likeness (QED) is 0.676. The number of sulfonamides is 1. The van der Waals surface area contributed by atoms with E-state index in [0.717, 1.165) is 19.3 Å². The molecule has 1 saturated carbocycles. The lowest BCUT2D eigenvalue weighted by atomic mass is 9.83. The van der Waals surface area contributed by atoms with Crippen LogP contribution >= 0.6 is 0 Å². The first kappa shape index (κ1) is 20.9. The van der Waals surface area contributed by atoms with Crippen LogP contribution in [0.25, 0.3) is 0 Å². The maximum atomic E-state index is 12.0. The lowest BCUT2D eigenvalue weighted by Crippen LogP contribution is -2.50. The summed E-state index contributed by atoms with van der Waals surface area (Å²) in [6, 6.07) is 7.39. The standard InChI is InChI=1S/C18H23N3O5S/c1-2-20-27(24,25)15-8-6-14(7-9-15)17(23)26-12-16(22)21-18(13-19)10-4-3-5-11-18/h6-9,20H,2-5,10-12H2,1H3,(H,21,22). The van der Waals surface area contributed by atoms with Crippen LogP contribution in [0.2, 0.25) is 0 Å². The molecule has 1 aliphatic rings. The summed E-state index contributed by atoms with van der Waals surface area (Å²) < 4.78 is 31.1. The van der Waals surface area contributed by atoms with Crippen LogP contribution in [0.1, 0.15) is 49.4 Å². The third-order valence-corrected chi connectivity index (χ3v) is 5.93. The number of carbonyl (C=O) groups is 2. The summed E-state index contributed by atoms with van der Waals surface area (Å²) in [6.07, 6.45) is 3.95. The van der Waals surface area contributed by atoms with Crippen molar-refractivity contribution >= 4 is 21.9 Å². The molecule has 0 unspecified atom stereocenters. The van der Waals surface area contributed by atoms with E-state index in [1.54, 1.807) is 6.92 Å². The van der Waals surface area contributed by atoms with Crippen LogP contribution in [0, 0.1) is 11.3 Å². The van der Waals surface area contributed by atoms with Gasteiger partial charge in [0.1, 0.15) is 5.54 Å². The lowest BCUT2D eigenvalue weighted by molar-refractivity contribution is -0.125. The highest BCUT2D eigenvalue weighted by Crippen LogP contribution is 2.27. The van der Waals surface area contributed by atoms with Gasteiger partial charge < -0.3 is 10.1 Å². The highest BCUT2D eigenvalue weighted by molar-refractivity contribution is 7.89. The number of nitriles is 1. The molecule has 2 N–H and O–H groups in total. The molecule has 0 heterocycles. The second kappa shape index (κ2) is 8.97. The maximum absolute atomic E-state index is 12.0. The monoisotopic (exact) mass is 393 g/mol. The number of nitrogens with zero attached hydrogens (tertiary/aromatic N) is 1. The van der Waals surface area contributed by atoms with E-state index in [2.05, 4.69) is 16.1 Å². The molecule has 0 saturated heterocycles. The Morgan fingerprint density at radius 3 is 2.37 bits per heavy atom. The molecular formula is C18H23N3O5S. The summed E-state index contributed by atoms with van der Waals surface area (Å²) in [5.41, 5.74) is -0.754. The van der Waals surface area contributed by atoms with Gasteiger partial charge in [-0.25, -0.2) is 17.9 Å². The molecule has 1 aromatic carbocycles. The Labute approximate surface area is 158 Å². The van der Waals surface area contributed by atoms with Gasteiger partial charge in [0.25, 0.3) is 5.91 Å². The van der Waals surface area contributed by atoms with Gasteiger partial charge in [0.05, 0.1) is 16.5 Å². The third-order valence-electron chi connectivity index (χ3n) is 4.37. The Balaban J connectivity index is 1.92. The molecule has 1 aliphatic carbocycles. The van der Waals surface area contributed by atoms with Crippen molar-refractivity contribution in [3.8, 4) is 6.07 Å². The lowest BCUT2D eigenvalue weighted by Gasteiger charge is -2.31. The van der Waals surface area contributed by atoms with E-state index in [9.17, 15) is 23.3 Å². The van der Waals surface area contributed by atoms with Crippen molar-refractivity contribution in [2.24, 2.45) is 0 Å². The SMILES string of the molecule is CCNS(=O)(=O)c1ccc(C(=O)OCC(=O)NC2(C#N)CCCCC2)cc1. The van der Waals surface area contributed by atoms with Crippen molar-refractivity contribution in [1.29, 1.82) is 5.26 Å². The van der Waals surface area contributed by atoms with Crippen LogP contribution < -0.4 is 10.0 Å². The zero-order valence-corrected chi connectivity index (χ0v) is 16.0. The Kier molecular flexibility index (Phi) is 6.93. The summed E-state index contributed by atoms with van der Waals surface area (Å²) in [7, 11) is -3.60. The van der Waals surface area contributed by atoms with Crippen molar-refractivity contribution in [2.45, 2.75) is 49.5 Å². The molecule has 0 aliphatic heterocycles. The molecule has 1 aromatic rings. The van der Waals surface area contributed by atoms with Crippen LogP contribution in [0.15, 0.2) is 29.2 Å². The Morgan fingerprint density at radius 2 is 1.81 bits per heavy atom. The van der Waals surface area contributed by atoms with Crippen molar-refractivity contribution in [1.82, 2.24) is 10.0 Å². The van der Waals surface area contributed by atoms with Crippen LogP contribution in [0.3, 0.4) is 0 Å². The van der Waals surface area contributed by atoms with Gasteiger partial charge >= 0.3 is 5.97 Å². The zero-order chi connectivity index (χ0) is 19.9. The molecule has 0 bridgehead atoms. The minimum atomic E-state index is -3.60. The molecular weight excluding hydrogens is 370 g/mol. The fourth-order valence-corrected chi connectivity index (χ4v) is 4.02. The summed E-state index contributed by atoms with van der Waals surface area (Å²) in [5.74, 6) is -1.27. The molecule has 9 heteroatoms. The number of ether oxygens (including phenoxy) is 1. The average Bonchev–Trinajstić information content (AvgIpc) is 2.67. The molecule has 27 heavy (non-hydrogen) atoms. The Hall–Kier alpha value is -2.44. The Bertz CT molecular complexity index is 822.